The summed E-state index contributed by atoms with van der Waals surface area (Å²) in [7, 11) is -4.20. The molecule has 7 nitrogen and oxygen atoms in total. The van der Waals surface area contributed by atoms with Gasteiger partial charge in [-0.05, 0) is 74.7 Å². The fraction of sp³-hybridized carbons (Fsp3) is 0.333. The summed E-state index contributed by atoms with van der Waals surface area (Å²) in [6.45, 7) is 7.25. The van der Waals surface area contributed by atoms with Crippen LogP contribution in [0.25, 0.3) is 0 Å². The summed E-state index contributed by atoms with van der Waals surface area (Å²) in [5.74, 6) is -0.809. The van der Waals surface area contributed by atoms with E-state index in [2.05, 4.69) is 5.32 Å². The Hall–Kier alpha value is -3.07. The number of amides is 2. The van der Waals surface area contributed by atoms with Crippen LogP contribution in [0.1, 0.15) is 44.7 Å². The van der Waals surface area contributed by atoms with Gasteiger partial charge in [-0.1, -0.05) is 72.9 Å². The maximum atomic E-state index is 14.1. The van der Waals surface area contributed by atoms with Crippen LogP contribution in [-0.4, -0.2) is 43.8 Å². The smallest absolute Gasteiger partial charge is 0.264 e. The van der Waals surface area contributed by atoms with Crippen LogP contribution < -0.4 is 9.62 Å². The Bertz CT molecular complexity index is 1410. The van der Waals surface area contributed by atoms with Crippen molar-refractivity contribution < 1.29 is 18.0 Å². The lowest BCUT2D eigenvalue weighted by molar-refractivity contribution is -0.140. The summed E-state index contributed by atoms with van der Waals surface area (Å²) < 4.78 is 28.7. The monoisotopic (exact) mass is 603 g/mol. The third kappa shape index (κ3) is 7.99. The van der Waals surface area contributed by atoms with Crippen molar-refractivity contribution in [1.82, 2.24) is 10.2 Å². The molecule has 1 N–H and O–H groups in total. The number of halogens is 2. The van der Waals surface area contributed by atoms with E-state index in [4.69, 9.17) is 23.2 Å². The van der Waals surface area contributed by atoms with Gasteiger partial charge in [0, 0.05) is 22.6 Å². The fourth-order valence-electron chi connectivity index (χ4n) is 4.14. The summed E-state index contributed by atoms with van der Waals surface area (Å²) >= 11 is 12.2. The molecule has 0 bridgehead atoms. The lowest BCUT2D eigenvalue weighted by atomic mass is 10.1. The van der Waals surface area contributed by atoms with Crippen LogP contribution >= 0.6 is 23.2 Å². The number of anilines is 1. The van der Waals surface area contributed by atoms with Gasteiger partial charge in [-0.15, -0.1) is 0 Å². The average molecular weight is 605 g/mol. The molecule has 0 spiro atoms. The number of hydrogen-bond acceptors (Lipinski definition) is 4. The van der Waals surface area contributed by atoms with Crippen molar-refractivity contribution in [2.45, 2.75) is 64.1 Å². The molecule has 2 amide bonds. The third-order valence-corrected chi connectivity index (χ3v) is 8.91. The molecule has 0 heterocycles. The molecule has 0 saturated carbocycles. The molecule has 40 heavy (non-hydrogen) atoms. The minimum atomic E-state index is -4.20. The number of benzene rings is 3. The second-order valence-electron chi connectivity index (χ2n) is 9.69. The number of aryl methyl sites for hydroxylation is 1. The molecular formula is C30H35Cl2N3O4S. The molecule has 0 saturated heterocycles. The van der Waals surface area contributed by atoms with Gasteiger partial charge in [-0.3, -0.25) is 13.9 Å². The Balaban J connectivity index is 2.05. The second kappa shape index (κ2) is 14.0. The number of sulfonamides is 1. The lowest BCUT2D eigenvalue weighted by Crippen LogP contribution is -2.53. The van der Waals surface area contributed by atoms with Crippen molar-refractivity contribution in [1.29, 1.82) is 0 Å². The van der Waals surface area contributed by atoms with Crippen molar-refractivity contribution >= 4 is 50.7 Å². The maximum Gasteiger partial charge on any atom is 0.264 e. The largest absolute Gasteiger partial charge is 0.352 e. The van der Waals surface area contributed by atoms with Crippen molar-refractivity contribution in [2.24, 2.45) is 0 Å². The van der Waals surface area contributed by atoms with E-state index in [1.807, 2.05) is 52.0 Å². The quantitative estimate of drug-likeness (QED) is 0.266. The number of carbonyl (C=O) groups is 2. The van der Waals surface area contributed by atoms with E-state index in [0.717, 1.165) is 21.9 Å². The Morgan fingerprint density at radius 1 is 0.900 bits per heavy atom. The molecule has 3 aromatic rings. The molecule has 0 unspecified atom stereocenters. The zero-order valence-corrected chi connectivity index (χ0v) is 25.4. The average Bonchev–Trinajstić information content (AvgIpc) is 2.92. The van der Waals surface area contributed by atoms with Crippen molar-refractivity contribution in [3.8, 4) is 0 Å². The molecule has 214 valence electrons. The number of carbonyl (C=O) groups excluding carboxylic acids is 2. The molecule has 0 aliphatic heterocycles. The van der Waals surface area contributed by atoms with Gasteiger partial charge in [-0.2, -0.15) is 0 Å². The predicted molar refractivity (Wildman–Crippen MR) is 161 cm³/mol. The SMILES string of the molecule is CC[C@H](C(=O)N[C@@H](C)CC)N(Cc1ccc(C)cc1)C(=O)CN(c1cccc(Cl)c1)S(=O)(=O)c1ccc(Cl)cc1. The van der Waals surface area contributed by atoms with Crippen LogP contribution in [0.5, 0.6) is 0 Å². The molecule has 0 radical (unpaired) electrons. The van der Waals surface area contributed by atoms with Gasteiger partial charge >= 0.3 is 0 Å². The van der Waals surface area contributed by atoms with Crippen LogP contribution in [0.4, 0.5) is 5.69 Å². The van der Waals surface area contributed by atoms with Crippen LogP contribution in [0.15, 0.2) is 77.7 Å². The molecule has 2 atom stereocenters. The Morgan fingerprint density at radius 2 is 1.55 bits per heavy atom. The minimum Gasteiger partial charge on any atom is -0.352 e. The normalized spacial score (nSPS) is 12.8. The third-order valence-electron chi connectivity index (χ3n) is 6.64. The van der Waals surface area contributed by atoms with Gasteiger partial charge in [-0.25, -0.2) is 8.42 Å². The Morgan fingerprint density at radius 3 is 2.12 bits per heavy atom. The predicted octanol–water partition coefficient (Wildman–Crippen LogP) is 6.22. The van der Waals surface area contributed by atoms with E-state index >= 15 is 0 Å². The van der Waals surface area contributed by atoms with Gasteiger partial charge in [0.15, 0.2) is 0 Å². The van der Waals surface area contributed by atoms with E-state index < -0.39 is 28.5 Å². The van der Waals surface area contributed by atoms with Crippen LogP contribution in [0.3, 0.4) is 0 Å². The highest BCUT2D eigenvalue weighted by molar-refractivity contribution is 7.92. The Labute approximate surface area is 247 Å². The Kier molecular flexibility index (Phi) is 11.0. The first-order valence-electron chi connectivity index (χ1n) is 13.2. The molecular weight excluding hydrogens is 569 g/mol. The van der Waals surface area contributed by atoms with Gasteiger partial charge in [0.2, 0.25) is 11.8 Å². The second-order valence-corrected chi connectivity index (χ2v) is 12.4. The lowest BCUT2D eigenvalue weighted by Gasteiger charge is -2.33. The zero-order valence-electron chi connectivity index (χ0n) is 23.1. The standard InChI is InChI=1S/C30H35Cl2N3O4S/c1-5-22(4)33-30(37)28(6-2)34(19-23-12-10-21(3)11-13-23)29(36)20-35(26-9-7-8-25(32)18-26)40(38,39)27-16-14-24(31)15-17-27/h7-18,22,28H,5-6,19-20H2,1-4H3,(H,33,37)/t22-,28+/m0/s1. The minimum absolute atomic E-state index is 0.0312. The van der Waals surface area contributed by atoms with E-state index in [1.54, 1.807) is 18.2 Å². The first kappa shape index (κ1) is 31.5. The molecule has 0 aromatic heterocycles. The number of hydrogen-bond donors (Lipinski definition) is 1. The summed E-state index contributed by atoms with van der Waals surface area (Å²) in [5, 5.41) is 3.67. The first-order chi connectivity index (χ1) is 19.0. The summed E-state index contributed by atoms with van der Waals surface area (Å²) in [6.07, 6.45) is 1.08. The molecule has 0 aliphatic carbocycles. The molecule has 0 aliphatic rings. The molecule has 3 aromatic carbocycles. The first-order valence-corrected chi connectivity index (χ1v) is 15.3. The van der Waals surface area contributed by atoms with Gasteiger partial charge < -0.3 is 10.2 Å². The van der Waals surface area contributed by atoms with E-state index in [0.29, 0.717) is 16.5 Å². The number of nitrogens with zero attached hydrogens (tertiary/aromatic N) is 2. The van der Waals surface area contributed by atoms with Crippen molar-refractivity contribution in [3.05, 3.63) is 94.0 Å². The fourth-order valence-corrected chi connectivity index (χ4v) is 5.86. The summed E-state index contributed by atoms with van der Waals surface area (Å²) in [5.41, 5.74) is 2.11. The molecule has 10 heteroatoms. The van der Waals surface area contributed by atoms with Crippen molar-refractivity contribution in [2.75, 3.05) is 10.8 Å². The number of rotatable bonds is 12. The highest BCUT2D eigenvalue weighted by Gasteiger charge is 2.34. The van der Waals surface area contributed by atoms with Crippen LogP contribution in [0.2, 0.25) is 10.0 Å². The van der Waals surface area contributed by atoms with Gasteiger partial charge in [0.1, 0.15) is 12.6 Å². The highest BCUT2D eigenvalue weighted by Crippen LogP contribution is 2.27. The van der Waals surface area contributed by atoms with Crippen LogP contribution in [-0.2, 0) is 26.2 Å². The molecule has 3 rings (SSSR count). The van der Waals surface area contributed by atoms with E-state index in [-0.39, 0.29) is 29.1 Å². The maximum absolute atomic E-state index is 14.1. The topological polar surface area (TPSA) is 86.8 Å². The highest BCUT2D eigenvalue weighted by atomic mass is 35.5. The summed E-state index contributed by atoms with van der Waals surface area (Å²) in [4.78, 5) is 28.8. The number of nitrogens with one attached hydrogen (secondary N) is 1. The zero-order chi connectivity index (χ0) is 29.4. The van der Waals surface area contributed by atoms with Gasteiger partial charge in [0.25, 0.3) is 10.0 Å². The van der Waals surface area contributed by atoms with E-state index in [1.165, 1.54) is 35.2 Å². The van der Waals surface area contributed by atoms with Crippen LogP contribution in [0, 0.1) is 6.92 Å². The van der Waals surface area contributed by atoms with Gasteiger partial charge in [0.05, 0.1) is 10.6 Å². The van der Waals surface area contributed by atoms with Crippen molar-refractivity contribution in [3.63, 3.8) is 0 Å². The molecule has 0 fully saturated rings. The summed E-state index contributed by atoms with van der Waals surface area (Å²) in [6, 6.07) is 18.8. The van der Waals surface area contributed by atoms with E-state index in [9.17, 15) is 18.0 Å².